The van der Waals surface area contributed by atoms with E-state index >= 15 is 4.39 Å². The molecule has 1 heterocycles. The Morgan fingerprint density at radius 1 is 0.900 bits per heavy atom. The average molecular weight is 557 g/mol. The van der Waals surface area contributed by atoms with Crippen molar-refractivity contribution in [3.05, 3.63) is 137 Å². The zero-order chi connectivity index (χ0) is 28.3. The molecule has 0 radical (unpaired) electrons. The highest BCUT2D eigenvalue weighted by Gasteiger charge is 2.42. The van der Waals surface area contributed by atoms with Crippen LogP contribution in [0.5, 0.6) is 0 Å². The number of rotatable bonds is 8. The summed E-state index contributed by atoms with van der Waals surface area (Å²) in [6, 6.07) is 30.7. The highest BCUT2D eigenvalue weighted by molar-refractivity contribution is 7.89. The van der Waals surface area contributed by atoms with Crippen molar-refractivity contribution >= 4 is 27.5 Å². The van der Waals surface area contributed by atoms with Gasteiger partial charge in [-0.15, -0.1) is 4.83 Å². The number of hydrogen-bond donors (Lipinski definition) is 1. The number of halogens is 1. The molecule has 0 spiro atoms. The number of carbonyl (C=O) groups is 1. The number of methoxy groups -OCH3 is 1. The first-order chi connectivity index (χ1) is 19.3. The lowest BCUT2D eigenvalue weighted by Gasteiger charge is -2.43. The minimum absolute atomic E-state index is 0.0350. The van der Waals surface area contributed by atoms with Gasteiger partial charge in [-0.1, -0.05) is 103 Å². The summed E-state index contributed by atoms with van der Waals surface area (Å²) in [6.07, 6.45) is -0.0635. The van der Waals surface area contributed by atoms with Crippen LogP contribution in [0.15, 0.2) is 114 Å². The number of hydrazine groups is 1. The van der Waals surface area contributed by atoms with Crippen LogP contribution in [0.1, 0.15) is 46.2 Å². The first kappa shape index (κ1) is 27.3. The van der Waals surface area contributed by atoms with Crippen molar-refractivity contribution in [2.75, 3.05) is 7.11 Å². The number of nitrogens with zero attached hydrogens (tertiary/aromatic N) is 1. The Kier molecular flexibility index (Phi) is 7.82. The van der Waals surface area contributed by atoms with Crippen molar-refractivity contribution in [2.24, 2.45) is 0 Å². The van der Waals surface area contributed by atoms with Gasteiger partial charge in [-0.3, -0.25) is 9.80 Å². The number of esters is 1. The van der Waals surface area contributed by atoms with Crippen molar-refractivity contribution in [1.82, 2.24) is 9.84 Å². The zero-order valence-corrected chi connectivity index (χ0v) is 22.9. The van der Waals surface area contributed by atoms with E-state index in [-0.39, 0.29) is 17.0 Å². The number of hydrogen-bond acceptors (Lipinski definition) is 5. The van der Waals surface area contributed by atoms with E-state index in [0.717, 1.165) is 11.1 Å². The highest BCUT2D eigenvalue weighted by atomic mass is 32.2. The minimum atomic E-state index is -4.17. The van der Waals surface area contributed by atoms with Gasteiger partial charge in [0.1, 0.15) is 0 Å². The molecule has 2 unspecified atom stereocenters. The second-order valence-electron chi connectivity index (χ2n) is 9.64. The van der Waals surface area contributed by atoms with Crippen LogP contribution in [0.2, 0.25) is 0 Å². The van der Waals surface area contributed by atoms with Gasteiger partial charge >= 0.3 is 5.97 Å². The maximum absolute atomic E-state index is 16.5. The summed E-state index contributed by atoms with van der Waals surface area (Å²) in [4.78, 5) is 15.5. The monoisotopic (exact) mass is 556 g/mol. The molecule has 6 nitrogen and oxygen atoms in total. The fourth-order valence-electron chi connectivity index (χ4n) is 5.10. The molecule has 0 saturated carbocycles. The molecular weight excluding hydrogens is 527 g/mol. The fraction of sp³-hybridized carbons (Fsp3) is 0.156. The van der Waals surface area contributed by atoms with Gasteiger partial charge in [0, 0.05) is 17.0 Å². The molecule has 204 valence electrons. The molecule has 0 fully saturated rings. The van der Waals surface area contributed by atoms with Crippen LogP contribution < -0.4 is 4.83 Å². The zero-order valence-electron chi connectivity index (χ0n) is 22.1. The molecule has 8 heteroatoms. The molecule has 0 bridgehead atoms. The Bertz CT molecular complexity index is 1640. The Balaban J connectivity index is 1.76. The van der Waals surface area contributed by atoms with Gasteiger partial charge in [-0.25, -0.2) is 12.8 Å². The first-order valence-corrected chi connectivity index (χ1v) is 14.3. The number of ether oxygens (including phenoxy) is 1. The van der Waals surface area contributed by atoms with Gasteiger partial charge < -0.3 is 4.74 Å². The molecule has 1 aliphatic heterocycles. The second-order valence-corrected chi connectivity index (χ2v) is 11.3. The number of sulfonamides is 1. The Morgan fingerprint density at radius 2 is 1.50 bits per heavy atom. The van der Waals surface area contributed by atoms with Gasteiger partial charge in [0.25, 0.3) is 10.0 Å². The highest BCUT2D eigenvalue weighted by Crippen LogP contribution is 2.49. The molecule has 1 aliphatic rings. The largest absolute Gasteiger partial charge is 0.469 e. The normalized spacial score (nSPS) is 15.9. The summed E-state index contributed by atoms with van der Waals surface area (Å²) < 4.78 is 49.1. The van der Waals surface area contributed by atoms with E-state index in [4.69, 9.17) is 4.74 Å². The van der Waals surface area contributed by atoms with Crippen LogP contribution in [0, 0.1) is 6.92 Å². The van der Waals surface area contributed by atoms with Crippen LogP contribution in [0.25, 0.3) is 11.5 Å². The summed E-state index contributed by atoms with van der Waals surface area (Å²) >= 11 is 0. The van der Waals surface area contributed by atoms with Crippen LogP contribution in [0.3, 0.4) is 0 Å². The summed E-state index contributed by atoms with van der Waals surface area (Å²) in [5.74, 6) is -1.64. The Labute approximate surface area is 233 Å². The van der Waals surface area contributed by atoms with Crippen molar-refractivity contribution in [1.29, 1.82) is 0 Å². The van der Waals surface area contributed by atoms with Crippen LogP contribution in [-0.2, 0) is 19.6 Å². The van der Waals surface area contributed by atoms with E-state index in [0.29, 0.717) is 16.7 Å². The first-order valence-electron chi connectivity index (χ1n) is 12.8. The molecule has 0 aliphatic carbocycles. The molecule has 1 N–H and O–H groups in total. The number of aryl methyl sites for hydroxylation is 1. The molecule has 0 saturated heterocycles. The summed E-state index contributed by atoms with van der Waals surface area (Å²) in [6.45, 7) is 1.87. The van der Waals surface area contributed by atoms with E-state index in [1.165, 1.54) is 24.3 Å². The lowest BCUT2D eigenvalue weighted by molar-refractivity contribution is -0.141. The molecule has 4 aromatic carbocycles. The maximum Gasteiger partial charge on any atom is 0.306 e. The Morgan fingerprint density at radius 3 is 2.15 bits per heavy atom. The van der Waals surface area contributed by atoms with Crippen molar-refractivity contribution in [3.8, 4) is 0 Å². The van der Waals surface area contributed by atoms with Crippen LogP contribution in [0.4, 0.5) is 4.39 Å². The molecule has 40 heavy (non-hydrogen) atoms. The molecule has 5 rings (SSSR count). The third-order valence-electron chi connectivity index (χ3n) is 7.06. The summed E-state index contributed by atoms with van der Waals surface area (Å²) in [5, 5.41) is 1.36. The number of fused-ring (bicyclic) bond motifs is 1. The van der Waals surface area contributed by atoms with E-state index in [9.17, 15) is 13.2 Å². The molecule has 0 amide bonds. The fourth-order valence-corrected chi connectivity index (χ4v) is 6.17. The van der Waals surface area contributed by atoms with E-state index in [1.807, 2.05) is 37.3 Å². The van der Waals surface area contributed by atoms with Crippen LogP contribution in [-0.4, -0.2) is 26.5 Å². The SMILES string of the molecule is COC(=O)CC(c1ccccc1)C1c2ccccc2C(F)=C(c2ccccc2)N1NS(=O)(=O)c1ccc(C)cc1. The number of carbonyl (C=O) groups excluding carboxylic acids is 1. The molecule has 0 aromatic heterocycles. The molecule has 2 atom stereocenters. The van der Waals surface area contributed by atoms with Gasteiger partial charge in [-0.05, 0) is 30.2 Å². The molecule has 4 aromatic rings. The van der Waals surface area contributed by atoms with E-state index < -0.39 is 33.8 Å². The predicted octanol–water partition coefficient (Wildman–Crippen LogP) is 6.39. The van der Waals surface area contributed by atoms with Gasteiger partial charge in [0.15, 0.2) is 5.83 Å². The number of nitrogens with one attached hydrogen (secondary N) is 1. The van der Waals surface area contributed by atoms with E-state index in [2.05, 4.69) is 4.83 Å². The van der Waals surface area contributed by atoms with Crippen molar-refractivity contribution in [2.45, 2.75) is 30.2 Å². The predicted molar refractivity (Wildman–Crippen MR) is 153 cm³/mol. The second kappa shape index (κ2) is 11.5. The van der Waals surface area contributed by atoms with Gasteiger partial charge in [-0.2, -0.15) is 0 Å². The van der Waals surface area contributed by atoms with Crippen LogP contribution >= 0.6 is 0 Å². The number of benzene rings is 4. The third-order valence-corrected chi connectivity index (χ3v) is 8.39. The smallest absolute Gasteiger partial charge is 0.306 e. The summed E-state index contributed by atoms with van der Waals surface area (Å²) in [7, 11) is -2.86. The summed E-state index contributed by atoms with van der Waals surface area (Å²) in [5.41, 5.74) is 3.11. The maximum atomic E-state index is 16.5. The van der Waals surface area contributed by atoms with Gasteiger partial charge in [0.2, 0.25) is 0 Å². The van der Waals surface area contributed by atoms with Crippen molar-refractivity contribution < 1.29 is 22.3 Å². The third kappa shape index (κ3) is 5.41. The van der Waals surface area contributed by atoms with E-state index in [1.54, 1.807) is 66.7 Å². The average Bonchev–Trinajstić information content (AvgIpc) is 2.97. The topological polar surface area (TPSA) is 75.7 Å². The van der Waals surface area contributed by atoms with Gasteiger partial charge in [0.05, 0.1) is 30.2 Å². The lowest BCUT2D eigenvalue weighted by atomic mass is 9.80. The quantitative estimate of drug-likeness (QED) is 0.255. The minimum Gasteiger partial charge on any atom is -0.469 e. The lowest BCUT2D eigenvalue weighted by Crippen LogP contribution is -2.47. The molecular formula is C32H29FN2O4S. The Hall–Kier alpha value is -4.27. The standard InChI is InChI=1S/C32H29FN2O4S/c1-22-17-19-25(20-18-22)40(37,38)34-35-31(24-13-7-4-8-14-24)30(33)26-15-9-10-16-27(26)32(35)28(21-29(36)39-2)23-11-5-3-6-12-23/h3-20,28,32,34H,21H2,1-2H3. The van der Waals surface area contributed by atoms with Crippen molar-refractivity contribution in [3.63, 3.8) is 0 Å².